The van der Waals surface area contributed by atoms with Crippen LogP contribution in [0, 0.1) is 5.82 Å². The molecule has 3 aromatic rings. The fourth-order valence-electron chi connectivity index (χ4n) is 1.99. The summed E-state index contributed by atoms with van der Waals surface area (Å²) in [6.45, 7) is -0.235. The Balaban J connectivity index is 2.04. The first-order valence-electron chi connectivity index (χ1n) is 6.37. The predicted octanol–water partition coefficient (Wildman–Crippen LogP) is 3.05. The number of carbonyl (C=O) groups is 1. The van der Waals surface area contributed by atoms with E-state index < -0.39 is 5.97 Å². The van der Waals surface area contributed by atoms with Crippen LogP contribution in [0.5, 0.6) is 5.88 Å². The molecule has 1 aromatic carbocycles. The average Bonchev–Trinajstić information content (AvgIpc) is 2.98. The molecule has 0 aliphatic rings. The standard InChI is InChI=1S/C15H11FN2O3S/c1-20-12(19)6-21-14-13-11(7-22-15(13)18-8-17-14)9-2-4-10(16)5-3-9/h2-5,7-8H,6H2,1H3. The van der Waals surface area contributed by atoms with Crippen LogP contribution in [0.15, 0.2) is 36.0 Å². The number of hydrogen-bond donors (Lipinski definition) is 0. The summed E-state index contributed by atoms with van der Waals surface area (Å²) in [6, 6.07) is 6.12. The van der Waals surface area contributed by atoms with Gasteiger partial charge in [0.15, 0.2) is 6.61 Å². The maximum Gasteiger partial charge on any atom is 0.343 e. The van der Waals surface area contributed by atoms with Gasteiger partial charge >= 0.3 is 5.97 Å². The third-order valence-corrected chi connectivity index (χ3v) is 3.93. The topological polar surface area (TPSA) is 61.3 Å². The Morgan fingerprint density at radius 1 is 1.27 bits per heavy atom. The normalized spacial score (nSPS) is 10.6. The molecule has 22 heavy (non-hydrogen) atoms. The molecule has 0 amide bonds. The van der Waals surface area contributed by atoms with Gasteiger partial charge in [-0.15, -0.1) is 11.3 Å². The first-order chi connectivity index (χ1) is 10.7. The molecule has 0 saturated heterocycles. The number of halogens is 1. The van der Waals surface area contributed by atoms with Gasteiger partial charge in [-0.25, -0.2) is 19.2 Å². The number of rotatable bonds is 4. The highest BCUT2D eigenvalue weighted by Crippen LogP contribution is 2.37. The molecule has 0 spiro atoms. The van der Waals surface area contributed by atoms with Crippen LogP contribution >= 0.6 is 11.3 Å². The Kier molecular flexibility index (Phi) is 3.97. The van der Waals surface area contributed by atoms with Crippen molar-refractivity contribution in [1.29, 1.82) is 0 Å². The van der Waals surface area contributed by atoms with E-state index in [9.17, 15) is 9.18 Å². The van der Waals surface area contributed by atoms with E-state index in [1.54, 1.807) is 12.1 Å². The van der Waals surface area contributed by atoms with Gasteiger partial charge in [-0.2, -0.15) is 0 Å². The molecule has 2 aromatic heterocycles. The van der Waals surface area contributed by atoms with E-state index in [0.717, 1.165) is 16.0 Å². The maximum absolute atomic E-state index is 13.1. The molecular weight excluding hydrogens is 307 g/mol. The lowest BCUT2D eigenvalue weighted by atomic mass is 10.1. The van der Waals surface area contributed by atoms with Crippen molar-refractivity contribution < 1.29 is 18.7 Å². The number of methoxy groups -OCH3 is 1. The summed E-state index contributed by atoms with van der Waals surface area (Å²) in [6.07, 6.45) is 1.37. The molecule has 0 N–H and O–H groups in total. The first-order valence-corrected chi connectivity index (χ1v) is 7.24. The van der Waals surface area contributed by atoms with E-state index in [4.69, 9.17) is 4.74 Å². The summed E-state index contributed by atoms with van der Waals surface area (Å²) in [4.78, 5) is 20.2. The molecule has 0 aliphatic heterocycles. The summed E-state index contributed by atoms with van der Waals surface area (Å²) < 4.78 is 23.0. The van der Waals surface area contributed by atoms with Gasteiger partial charge in [-0.05, 0) is 17.7 Å². The second-order valence-electron chi connectivity index (χ2n) is 4.38. The summed E-state index contributed by atoms with van der Waals surface area (Å²) in [5.41, 5.74) is 1.66. The molecule has 0 saturated carbocycles. The zero-order valence-corrected chi connectivity index (χ0v) is 12.4. The van der Waals surface area contributed by atoms with Crippen LogP contribution < -0.4 is 4.74 Å². The highest BCUT2D eigenvalue weighted by atomic mass is 32.1. The zero-order valence-electron chi connectivity index (χ0n) is 11.6. The second kappa shape index (κ2) is 6.07. The Bertz CT molecular complexity index is 817. The van der Waals surface area contributed by atoms with Crippen LogP contribution in [0.4, 0.5) is 4.39 Å². The molecule has 3 rings (SSSR count). The third-order valence-electron chi connectivity index (χ3n) is 3.05. The lowest BCUT2D eigenvalue weighted by molar-refractivity contribution is -0.142. The number of nitrogens with zero attached hydrogens (tertiary/aromatic N) is 2. The van der Waals surface area contributed by atoms with Crippen molar-refractivity contribution in [3.63, 3.8) is 0 Å². The molecule has 0 aliphatic carbocycles. The smallest absolute Gasteiger partial charge is 0.343 e. The number of thiophene rings is 1. The minimum absolute atomic E-state index is 0.235. The molecule has 5 nitrogen and oxygen atoms in total. The van der Waals surface area contributed by atoms with E-state index in [2.05, 4.69) is 14.7 Å². The Morgan fingerprint density at radius 2 is 2.05 bits per heavy atom. The Labute approximate surface area is 129 Å². The number of fused-ring (bicyclic) bond motifs is 1. The van der Waals surface area contributed by atoms with Crippen LogP contribution in [0.2, 0.25) is 0 Å². The molecule has 0 bridgehead atoms. The summed E-state index contributed by atoms with van der Waals surface area (Å²) in [5, 5.41) is 2.60. The fourth-order valence-corrected chi connectivity index (χ4v) is 2.89. The molecule has 0 unspecified atom stereocenters. The summed E-state index contributed by atoms with van der Waals surface area (Å²) >= 11 is 1.43. The van der Waals surface area contributed by atoms with Gasteiger partial charge in [0.1, 0.15) is 17.0 Å². The quantitative estimate of drug-likeness (QED) is 0.692. The first kappa shape index (κ1) is 14.4. The Morgan fingerprint density at radius 3 is 2.77 bits per heavy atom. The van der Waals surface area contributed by atoms with Crippen molar-refractivity contribution >= 4 is 27.5 Å². The SMILES string of the molecule is COC(=O)COc1ncnc2scc(-c3ccc(F)cc3)c12. The third kappa shape index (κ3) is 2.75. The highest BCUT2D eigenvalue weighted by molar-refractivity contribution is 7.17. The van der Waals surface area contributed by atoms with Crippen molar-refractivity contribution in [3.8, 4) is 17.0 Å². The van der Waals surface area contributed by atoms with Crippen LogP contribution in [0.1, 0.15) is 0 Å². The van der Waals surface area contributed by atoms with Crippen molar-refractivity contribution in [2.24, 2.45) is 0 Å². The fraction of sp³-hybridized carbons (Fsp3) is 0.133. The van der Waals surface area contributed by atoms with Crippen molar-refractivity contribution in [1.82, 2.24) is 9.97 Å². The van der Waals surface area contributed by atoms with Crippen LogP contribution in [0.3, 0.4) is 0 Å². The van der Waals surface area contributed by atoms with Gasteiger partial charge < -0.3 is 9.47 Å². The minimum atomic E-state index is -0.495. The molecule has 0 atom stereocenters. The van der Waals surface area contributed by atoms with Crippen LogP contribution in [0.25, 0.3) is 21.3 Å². The van der Waals surface area contributed by atoms with E-state index in [1.165, 1.54) is 36.9 Å². The molecule has 0 radical (unpaired) electrons. The molecular formula is C15H11FN2O3S. The van der Waals surface area contributed by atoms with E-state index >= 15 is 0 Å². The summed E-state index contributed by atoms with van der Waals surface area (Å²) in [7, 11) is 1.29. The van der Waals surface area contributed by atoms with Gasteiger partial charge in [-0.1, -0.05) is 12.1 Å². The summed E-state index contributed by atoms with van der Waals surface area (Å²) in [5.74, 6) is -0.497. The van der Waals surface area contributed by atoms with Crippen molar-refractivity contribution in [2.45, 2.75) is 0 Å². The number of carbonyl (C=O) groups excluding carboxylic acids is 1. The Hall–Kier alpha value is -2.54. The number of benzene rings is 1. The zero-order chi connectivity index (χ0) is 15.5. The van der Waals surface area contributed by atoms with Gasteiger partial charge in [0.2, 0.25) is 5.88 Å². The van der Waals surface area contributed by atoms with E-state index in [0.29, 0.717) is 11.3 Å². The van der Waals surface area contributed by atoms with Crippen LogP contribution in [-0.2, 0) is 9.53 Å². The molecule has 2 heterocycles. The minimum Gasteiger partial charge on any atom is -0.466 e. The lowest BCUT2D eigenvalue weighted by Crippen LogP contribution is -2.13. The molecule has 0 fully saturated rings. The number of hydrogen-bond acceptors (Lipinski definition) is 6. The number of aromatic nitrogens is 2. The van der Waals surface area contributed by atoms with Gasteiger partial charge in [0.05, 0.1) is 12.5 Å². The second-order valence-corrected chi connectivity index (χ2v) is 5.24. The van der Waals surface area contributed by atoms with Crippen LogP contribution in [-0.4, -0.2) is 29.7 Å². The van der Waals surface area contributed by atoms with Crippen molar-refractivity contribution in [2.75, 3.05) is 13.7 Å². The van der Waals surface area contributed by atoms with E-state index in [1.807, 2.05) is 5.38 Å². The highest BCUT2D eigenvalue weighted by Gasteiger charge is 2.15. The maximum atomic E-state index is 13.1. The predicted molar refractivity (Wildman–Crippen MR) is 80.3 cm³/mol. The van der Waals surface area contributed by atoms with Gasteiger partial charge in [0.25, 0.3) is 0 Å². The number of ether oxygens (including phenoxy) is 2. The van der Waals surface area contributed by atoms with Crippen molar-refractivity contribution in [3.05, 3.63) is 41.8 Å². The van der Waals surface area contributed by atoms with Gasteiger partial charge in [-0.3, -0.25) is 0 Å². The van der Waals surface area contributed by atoms with E-state index in [-0.39, 0.29) is 12.4 Å². The lowest BCUT2D eigenvalue weighted by Gasteiger charge is -2.06. The average molecular weight is 318 g/mol. The number of esters is 1. The largest absolute Gasteiger partial charge is 0.466 e. The monoisotopic (exact) mass is 318 g/mol. The molecule has 7 heteroatoms. The molecule has 112 valence electrons. The van der Waals surface area contributed by atoms with Gasteiger partial charge in [0, 0.05) is 10.9 Å².